The predicted molar refractivity (Wildman–Crippen MR) is 47.9 cm³/mol. The molecule has 2 atom stereocenters. The summed E-state index contributed by atoms with van der Waals surface area (Å²) in [6, 6.07) is 0.605. The second-order valence-electron chi connectivity index (χ2n) is 3.62. The third kappa shape index (κ3) is 1.19. The van der Waals surface area contributed by atoms with Crippen molar-refractivity contribution in [3.63, 3.8) is 0 Å². The monoisotopic (exact) mass is 173 g/mol. The van der Waals surface area contributed by atoms with Gasteiger partial charge in [0.15, 0.2) is 0 Å². The molecule has 2 fully saturated rings. The molecule has 0 bridgehead atoms. The molecule has 3 heteroatoms. The van der Waals surface area contributed by atoms with E-state index in [1.54, 1.807) is 0 Å². The minimum Gasteiger partial charge on any atom is -0.396 e. The van der Waals surface area contributed by atoms with E-state index < -0.39 is 0 Å². The minimum atomic E-state index is 0.239. The Morgan fingerprint density at radius 1 is 1.64 bits per heavy atom. The first-order chi connectivity index (χ1) is 5.37. The maximum atomic E-state index is 9.30. The zero-order valence-electron chi connectivity index (χ0n) is 6.68. The molecule has 0 aliphatic carbocycles. The molecule has 2 nitrogen and oxygen atoms in total. The quantitative estimate of drug-likeness (QED) is 0.604. The van der Waals surface area contributed by atoms with Gasteiger partial charge in [0.05, 0.1) is 6.61 Å². The van der Waals surface area contributed by atoms with Gasteiger partial charge in [0, 0.05) is 17.2 Å². The molecule has 2 saturated heterocycles. The van der Waals surface area contributed by atoms with E-state index in [9.17, 15) is 5.11 Å². The van der Waals surface area contributed by atoms with Gasteiger partial charge in [0.25, 0.3) is 0 Å². The zero-order chi connectivity index (χ0) is 7.73. The fourth-order valence-electron chi connectivity index (χ4n) is 2.18. The molecule has 0 aromatic rings. The number of nitrogens with one attached hydrogen (secondary N) is 1. The van der Waals surface area contributed by atoms with Crippen LogP contribution in [0.5, 0.6) is 0 Å². The maximum absolute atomic E-state index is 9.30. The standard InChI is InChI=1S/C8H15NOS/c10-5-8-2-3-9-7(8)1-4-11-6-8/h7,9-10H,1-6H2. The number of aliphatic hydroxyl groups is 1. The van der Waals surface area contributed by atoms with Crippen LogP contribution in [0, 0.1) is 5.41 Å². The predicted octanol–water partition coefficient (Wildman–Crippen LogP) is 0.464. The first-order valence-electron chi connectivity index (χ1n) is 4.29. The van der Waals surface area contributed by atoms with Crippen molar-refractivity contribution in [1.82, 2.24) is 5.32 Å². The van der Waals surface area contributed by atoms with Crippen molar-refractivity contribution >= 4 is 11.8 Å². The number of fused-ring (bicyclic) bond motifs is 1. The highest BCUT2D eigenvalue weighted by molar-refractivity contribution is 7.99. The summed E-state index contributed by atoms with van der Waals surface area (Å²) < 4.78 is 0. The topological polar surface area (TPSA) is 32.3 Å². The average molecular weight is 173 g/mol. The molecule has 11 heavy (non-hydrogen) atoms. The van der Waals surface area contributed by atoms with E-state index in [1.165, 1.54) is 18.6 Å². The van der Waals surface area contributed by atoms with Gasteiger partial charge in [-0.25, -0.2) is 0 Å². The highest BCUT2D eigenvalue weighted by Gasteiger charge is 2.43. The molecule has 2 unspecified atom stereocenters. The van der Waals surface area contributed by atoms with Gasteiger partial charge in [-0.2, -0.15) is 11.8 Å². The van der Waals surface area contributed by atoms with Crippen LogP contribution < -0.4 is 5.32 Å². The Labute approximate surface area is 71.7 Å². The van der Waals surface area contributed by atoms with E-state index in [4.69, 9.17) is 0 Å². The molecule has 0 aromatic carbocycles. The Kier molecular flexibility index (Phi) is 2.12. The molecule has 0 spiro atoms. The largest absolute Gasteiger partial charge is 0.396 e. The van der Waals surface area contributed by atoms with Crippen molar-refractivity contribution in [3.05, 3.63) is 0 Å². The molecular formula is C8H15NOS. The lowest BCUT2D eigenvalue weighted by Crippen LogP contribution is -2.44. The Bertz CT molecular complexity index is 153. The van der Waals surface area contributed by atoms with Crippen molar-refractivity contribution in [2.24, 2.45) is 5.41 Å². The van der Waals surface area contributed by atoms with Crippen molar-refractivity contribution in [3.8, 4) is 0 Å². The summed E-state index contributed by atoms with van der Waals surface area (Å²) in [7, 11) is 0. The van der Waals surface area contributed by atoms with Crippen molar-refractivity contribution in [2.45, 2.75) is 18.9 Å². The van der Waals surface area contributed by atoms with E-state index in [-0.39, 0.29) is 5.41 Å². The summed E-state index contributed by atoms with van der Waals surface area (Å²) in [6.07, 6.45) is 2.41. The maximum Gasteiger partial charge on any atom is 0.0510 e. The highest BCUT2D eigenvalue weighted by atomic mass is 32.2. The van der Waals surface area contributed by atoms with Crippen LogP contribution in [0.15, 0.2) is 0 Å². The molecular weight excluding hydrogens is 158 g/mol. The molecule has 0 saturated carbocycles. The van der Waals surface area contributed by atoms with E-state index in [0.29, 0.717) is 12.6 Å². The molecule has 0 radical (unpaired) electrons. The van der Waals surface area contributed by atoms with Gasteiger partial charge in [-0.05, 0) is 25.1 Å². The summed E-state index contributed by atoms with van der Waals surface area (Å²) in [5, 5.41) is 12.8. The van der Waals surface area contributed by atoms with E-state index in [0.717, 1.165) is 12.3 Å². The van der Waals surface area contributed by atoms with Crippen molar-refractivity contribution in [2.75, 3.05) is 24.7 Å². The highest BCUT2D eigenvalue weighted by Crippen LogP contribution is 2.40. The van der Waals surface area contributed by atoms with E-state index in [1.807, 2.05) is 11.8 Å². The van der Waals surface area contributed by atoms with Gasteiger partial charge in [-0.1, -0.05) is 0 Å². The van der Waals surface area contributed by atoms with Gasteiger partial charge in [-0.15, -0.1) is 0 Å². The lowest BCUT2D eigenvalue weighted by Gasteiger charge is -2.36. The first kappa shape index (κ1) is 7.90. The lowest BCUT2D eigenvalue weighted by molar-refractivity contribution is 0.128. The number of rotatable bonds is 1. The average Bonchev–Trinajstić information content (AvgIpc) is 2.48. The fourth-order valence-corrected chi connectivity index (χ4v) is 3.57. The minimum absolute atomic E-state index is 0.239. The smallest absolute Gasteiger partial charge is 0.0510 e. The van der Waals surface area contributed by atoms with Crippen LogP contribution in [0.4, 0.5) is 0 Å². The molecule has 2 N–H and O–H groups in total. The molecule has 2 rings (SSSR count). The van der Waals surface area contributed by atoms with E-state index in [2.05, 4.69) is 5.32 Å². The number of hydrogen-bond acceptors (Lipinski definition) is 3. The van der Waals surface area contributed by atoms with Gasteiger partial charge < -0.3 is 10.4 Å². The van der Waals surface area contributed by atoms with Crippen LogP contribution in [0.25, 0.3) is 0 Å². The molecule has 0 amide bonds. The second-order valence-corrected chi connectivity index (χ2v) is 4.72. The lowest BCUT2D eigenvalue weighted by atomic mass is 9.82. The van der Waals surface area contributed by atoms with E-state index >= 15 is 0 Å². The SMILES string of the molecule is OCC12CCNC1CCSC2. The normalized spacial score (nSPS) is 43.9. The summed E-state index contributed by atoms with van der Waals surface area (Å²) >= 11 is 1.99. The van der Waals surface area contributed by atoms with Crippen molar-refractivity contribution < 1.29 is 5.11 Å². The third-order valence-corrected chi connectivity index (χ3v) is 4.31. The van der Waals surface area contributed by atoms with Gasteiger partial charge in [0.1, 0.15) is 0 Å². The summed E-state index contributed by atoms with van der Waals surface area (Å²) in [4.78, 5) is 0. The van der Waals surface area contributed by atoms with Crippen LogP contribution in [-0.2, 0) is 0 Å². The fraction of sp³-hybridized carbons (Fsp3) is 1.00. The Hall–Kier alpha value is 0.270. The summed E-state index contributed by atoms with van der Waals surface area (Å²) in [6.45, 7) is 1.48. The molecule has 2 heterocycles. The Morgan fingerprint density at radius 3 is 3.27 bits per heavy atom. The number of hydrogen-bond donors (Lipinski definition) is 2. The molecule has 0 aromatic heterocycles. The zero-order valence-corrected chi connectivity index (χ0v) is 7.49. The third-order valence-electron chi connectivity index (χ3n) is 3.01. The number of aliphatic hydroxyl groups excluding tert-OH is 1. The molecule has 2 aliphatic rings. The van der Waals surface area contributed by atoms with Crippen LogP contribution >= 0.6 is 11.8 Å². The van der Waals surface area contributed by atoms with Crippen LogP contribution in [0.3, 0.4) is 0 Å². The number of thioether (sulfide) groups is 1. The first-order valence-corrected chi connectivity index (χ1v) is 5.45. The van der Waals surface area contributed by atoms with Gasteiger partial charge in [0.2, 0.25) is 0 Å². The van der Waals surface area contributed by atoms with Gasteiger partial charge >= 0.3 is 0 Å². The summed E-state index contributed by atoms with van der Waals surface area (Å²) in [5.41, 5.74) is 0.239. The second kappa shape index (κ2) is 2.96. The Morgan fingerprint density at radius 2 is 2.55 bits per heavy atom. The van der Waals surface area contributed by atoms with Crippen LogP contribution in [-0.4, -0.2) is 35.8 Å². The van der Waals surface area contributed by atoms with Gasteiger partial charge in [-0.3, -0.25) is 0 Å². The molecule has 2 aliphatic heterocycles. The van der Waals surface area contributed by atoms with Crippen LogP contribution in [0.2, 0.25) is 0 Å². The Balaban J connectivity index is 2.12. The summed E-state index contributed by atoms with van der Waals surface area (Å²) in [5.74, 6) is 2.42. The van der Waals surface area contributed by atoms with Crippen molar-refractivity contribution in [1.29, 1.82) is 0 Å². The molecule has 64 valence electrons. The van der Waals surface area contributed by atoms with Crippen LogP contribution in [0.1, 0.15) is 12.8 Å².